The van der Waals surface area contributed by atoms with E-state index in [4.69, 9.17) is 11.6 Å². The molecule has 0 spiro atoms. The molecule has 0 saturated carbocycles. The first-order valence-corrected chi connectivity index (χ1v) is 8.59. The summed E-state index contributed by atoms with van der Waals surface area (Å²) in [6.45, 7) is 1.36. The van der Waals surface area contributed by atoms with E-state index in [1.165, 1.54) is 31.4 Å². The fraction of sp³-hybridized carbons (Fsp3) is 0.188. The molecule has 2 rings (SSSR count). The number of carbonyl (C=O) groups excluding carboxylic acids is 1. The summed E-state index contributed by atoms with van der Waals surface area (Å²) in [5, 5.41) is 0.430. The molecule has 0 aliphatic rings. The molecule has 5 nitrogen and oxygen atoms in total. The van der Waals surface area contributed by atoms with E-state index in [0.29, 0.717) is 10.7 Å². The second-order valence-electron chi connectivity index (χ2n) is 4.83. The maximum Gasteiger partial charge on any atom is 0.326 e. The van der Waals surface area contributed by atoms with Crippen LogP contribution >= 0.6 is 11.6 Å². The Morgan fingerprint density at radius 2 is 1.74 bits per heavy atom. The fourth-order valence-electron chi connectivity index (χ4n) is 2.06. The summed E-state index contributed by atoms with van der Waals surface area (Å²) < 4.78 is 31.5. The van der Waals surface area contributed by atoms with Crippen molar-refractivity contribution in [2.24, 2.45) is 0 Å². The highest BCUT2D eigenvalue weighted by Crippen LogP contribution is 2.27. The molecule has 0 atom stereocenters. The van der Waals surface area contributed by atoms with E-state index in [1.54, 1.807) is 31.2 Å². The fourth-order valence-corrected chi connectivity index (χ4v) is 3.66. The molecule has 2 aromatic rings. The van der Waals surface area contributed by atoms with Gasteiger partial charge in [-0.15, -0.1) is 0 Å². The van der Waals surface area contributed by atoms with Crippen LogP contribution in [0.3, 0.4) is 0 Å². The van der Waals surface area contributed by atoms with E-state index in [9.17, 15) is 13.2 Å². The zero-order valence-corrected chi connectivity index (χ0v) is 14.3. The zero-order chi connectivity index (χ0) is 17.0. The average Bonchev–Trinajstić information content (AvgIpc) is 2.53. The Balaban J connectivity index is 2.54. The number of nitrogens with zero attached hydrogens (tertiary/aromatic N) is 1. The van der Waals surface area contributed by atoms with Crippen LogP contribution in [0.4, 0.5) is 5.69 Å². The van der Waals surface area contributed by atoms with Crippen LogP contribution in [0.15, 0.2) is 53.4 Å². The SMILES string of the molecule is COC(=O)CN(c1ccccc1C)S(=O)(=O)c1ccc(Cl)cc1. The van der Waals surface area contributed by atoms with Crippen LogP contribution in [-0.4, -0.2) is 28.0 Å². The standard InChI is InChI=1S/C16H16ClNO4S/c1-12-5-3-4-6-15(12)18(11-16(19)22-2)23(20,21)14-9-7-13(17)8-10-14/h3-10H,11H2,1-2H3. The predicted molar refractivity (Wildman–Crippen MR) is 89.2 cm³/mol. The van der Waals surface area contributed by atoms with Crippen LogP contribution in [0.2, 0.25) is 5.02 Å². The largest absolute Gasteiger partial charge is 0.468 e. The molecule has 0 heterocycles. The van der Waals surface area contributed by atoms with Crippen molar-refractivity contribution >= 4 is 33.3 Å². The smallest absolute Gasteiger partial charge is 0.326 e. The quantitative estimate of drug-likeness (QED) is 0.775. The first-order valence-electron chi connectivity index (χ1n) is 6.77. The normalized spacial score (nSPS) is 11.1. The third-order valence-electron chi connectivity index (χ3n) is 3.29. The Morgan fingerprint density at radius 3 is 2.30 bits per heavy atom. The van der Waals surface area contributed by atoms with E-state index in [1.807, 2.05) is 0 Å². The van der Waals surface area contributed by atoms with Crippen molar-refractivity contribution in [1.82, 2.24) is 0 Å². The molecule has 0 aliphatic heterocycles. The molecule has 2 aromatic carbocycles. The monoisotopic (exact) mass is 353 g/mol. The highest BCUT2D eigenvalue weighted by atomic mass is 35.5. The van der Waals surface area contributed by atoms with Crippen LogP contribution in [-0.2, 0) is 19.6 Å². The molecular weight excluding hydrogens is 338 g/mol. The van der Waals surface area contributed by atoms with Crippen molar-refractivity contribution < 1.29 is 17.9 Å². The number of sulfonamides is 1. The summed E-state index contributed by atoms with van der Waals surface area (Å²) in [5.41, 5.74) is 1.15. The third kappa shape index (κ3) is 3.83. The van der Waals surface area contributed by atoms with Gasteiger partial charge >= 0.3 is 5.97 Å². The molecule has 0 aliphatic carbocycles. The number of aryl methyl sites for hydroxylation is 1. The Labute approximate surface area is 140 Å². The number of halogens is 1. The number of anilines is 1. The Kier molecular flexibility index (Phi) is 5.28. The Morgan fingerprint density at radius 1 is 1.13 bits per heavy atom. The number of benzene rings is 2. The summed E-state index contributed by atoms with van der Waals surface area (Å²) in [7, 11) is -2.71. The molecule has 122 valence electrons. The van der Waals surface area contributed by atoms with Gasteiger partial charge in [0.15, 0.2) is 0 Å². The van der Waals surface area contributed by atoms with E-state index in [0.717, 1.165) is 9.87 Å². The van der Waals surface area contributed by atoms with Gasteiger partial charge in [0.2, 0.25) is 0 Å². The average molecular weight is 354 g/mol. The summed E-state index contributed by atoms with van der Waals surface area (Å²) in [6, 6.07) is 12.7. The Hall–Kier alpha value is -2.05. The minimum absolute atomic E-state index is 0.0501. The molecule has 0 bridgehead atoms. The van der Waals surface area contributed by atoms with Gasteiger partial charge in [-0.2, -0.15) is 0 Å². The van der Waals surface area contributed by atoms with Crippen molar-refractivity contribution in [3.05, 3.63) is 59.1 Å². The lowest BCUT2D eigenvalue weighted by Crippen LogP contribution is -2.36. The number of para-hydroxylation sites is 1. The molecule has 0 aromatic heterocycles. The number of carbonyl (C=O) groups is 1. The molecule has 23 heavy (non-hydrogen) atoms. The van der Waals surface area contributed by atoms with Crippen LogP contribution in [0.5, 0.6) is 0 Å². The second-order valence-corrected chi connectivity index (χ2v) is 7.13. The number of ether oxygens (including phenoxy) is 1. The second kappa shape index (κ2) is 7.02. The minimum Gasteiger partial charge on any atom is -0.468 e. The van der Waals surface area contributed by atoms with Gasteiger partial charge in [0.25, 0.3) is 10.0 Å². The van der Waals surface area contributed by atoms with Gasteiger partial charge in [-0.25, -0.2) is 8.42 Å². The zero-order valence-electron chi connectivity index (χ0n) is 12.7. The van der Waals surface area contributed by atoms with Gasteiger partial charge < -0.3 is 4.74 Å². The van der Waals surface area contributed by atoms with Crippen LogP contribution in [0, 0.1) is 6.92 Å². The lowest BCUT2D eigenvalue weighted by atomic mass is 10.2. The van der Waals surface area contributed by atoms with Crippen LogP contribution < -0.4 is 4.31 Å². The molecule has 7 heteroatoms. The van der Waals surface area contributed by atoms with E-state index in [2.05, 4.69) is 4.74 Å². The Bertz CT molecular complexity index is 803. The van der Waals surface area contributed by atoms with Crippen molar-refractivity contribution in [1.29, 1.82) is 0 Å². The first-order chi connectivity index (χ1) is 10.9. The number of hydrogen-bond acceptors (Lipinski definition) is 4. The molecule has 0 radical (unpaired) electrons. The number of methoxy groups -OCH3 is 1. The molecule has 0 saturated heterocycles. The summed E-state index contributed by atoms with van der Waals surface area (Å²) in [5.74, 6) is -0.647. The topological polar surface area (TPSA) is 63.7 Å². The van der Waals surface area contributed by atoms with Crippen LogP contribution in [0.25, 0.3) is 0 Å². The number of rotatable bonds is 5. The molecule has 0 fully saturated rings. The lowest BCUT2D eigenvalue weighted by Gasteiger charge is -2.24. The number of esters is 1. The van der Waals surface area contributed by atoms with E-state index in [-0.39, 0.29) is 4.90 Å². The third-order valence-corrected chi connectivity index (χ3v) is 5.31. The maximum atomic E-state index is 12.9. The molecule has 0 N–H and O–H groups in total. The highest BCUT2D eigenvalue weighted by Gasteiger charge is 2.28. The summed E-state index contributed by atoms with van der Waals surface area (Å²) >= 11 is 5.81. The van der Waals surface area contributed by atoms with Crippen molar-refractivity contribution in [2.45, 2.75) is 11.8 Å². The van der Waals surface area contributed by atoms with Gasteiger partial charge in [0.05, 0.1) is 17.7 Å². The van der Waals surface area contributed by atoms with Crippen molar-refractivity contribution in [3.8, 4) is 0 Å². The highest BCUT2D eigenvalue weighted by molar-refractivity contribution is 7.92. The van der Waals surface area contributed by atoms with Gasteiger partial charge in [-0.3, -0.25) is 9.10 Å². The summed E-state index contributed by atoms with van der Waals surface area (Å²) in [6.07, 6.45) is 0. The lowest BCUT2D eigenvalue weighted by molar-refractivity contribution is -0.138. The molecule has 0 amide bonds. The van der Waals surface area contributed by atoms with Crippen molar-refractivity contribution in [2.75, 3.05) is 18.0 Å². The van der Waals surface area contributed by atoms with Gasteiger partial charge in [0, 0.05) is 5.02 Å². The van der Waals surface area contributed by atoms with Gasteiger partial charge in [-0.05, 0) is 42.8 Å². The number of hydrogen-bond donors (Lipinski definition) is 0. The molecule has 0 unspecified atom stereocenters. The van der Waals surface area contributed by atoms with Crippen LogP contribution in [0.1, 0.15) is 5.56 Å². The van der Waals surface area contributed by atoms with Gasteiger partial charge in [0.1, 0.15) is 6.54 Å². The summed E-state index contributed by atoms with van der Waals surface area (Å²) in [4.78, 5) is 11.7. The maximum absolute atomic E-state index is 12.9. The first kappa shape index (κ1) is 17.3. The molecular formula is C16H16ClNO4S. The minimum atomic E-state index is -3.92. The van der Waals surface area contributed by atoms with Gasteiger partial charge in [-0.1, -0.05) is 29.8 Å². The van der Waals surface area contributed by atoms with E-state index >= 15 is 0 Å². The predicted octanol–water partition coefficient (Wildman–Crippen LogP) is 3.02. The van der Waals surface area contributed by atoms with E-state index < -0.39 is 22.5 Å². The van der Waals surface area contributed by atoms with Crippen molar-refractivity contribution in [3.63, 3.8) is 0 Å².